The van der Waals surface area contributed by atoms with E-state index in [1.54, 1.807) is 54.6 Å². The average molecular weight is 339 g/mol. The van der Waals surface area contributed by atoms with Crippen LogP contribution in [0.4, 0.5) is 0 Å². The number of carbonyl (C=O) groups is 1. The molecule has 6 heteroatoms. The van der Waals surface area contributed by atoms with Crippen LogP contribution in [0.1, 0.15) is 11.1 Å². The van der Waals surface area contributed by atoms with Crippen molar-refractivity contribution in [1.82, 2.24) is 0 Å². The van der Waals surface area contributed by atoms with Crippen LogP contribution in [-0.4, -0.2) is 18.5 Å². The van der Waals surface area contributed by atoms with E-state index in [9.17, 15) is 4.79 Å². The van der Waals surface area contributed by atoms with E-state index in [4.69, 9.17) is 26.3 Å². The number of ether oxygens (including phenoxy) is 2. The van der Waals surface area contributed by atoms with Gasteiger partial charge in [0.1, 0.15) is 11.8 Å². The minimum Gasteiger partial charge on any atom is -0.479 e. The Bertz CT molecular complexity index is 897. The van der Waals surface area contributed by atoms with Crippen LogP contribution < -0.4 is 4.74 Å². The lowest BCUT2D eigenvalue weighted by atomic mass is 10.2. The lowest BCUT2D eigenvalue weighted by Gasteiger charge is -2.02. The van der Waals surface area contributed by atoms with Crippen LogP contribution in [0.2, 0.25) is 5.02 Å². The molecule has 118 valence electrons. The molecule has 0 N–H and O–H groups in total. The molecule has 0 spiro atoms. The molecule has 0 aliphatic carbocycles. The first-order valence-corrected chi connectivity index (χ1v) is 7.42. The zero-order chi connectivity index (χ0) is 16.9. The molecule has 2 aromatic rings. The van der Waals surface area contributed by atoms with Gasteiger partial charge in [-0.2, -0.15) is 5.26 Å². The van der Waals surface area contributed by atoms with Gasteiger partial charge in [-0.15, -0.1) is 0 Å². The van der Waals surface area contributed by atoms with Gasteiger partial charge in [0.15, 0.2) is 12.3 Å². The first-order chi connectivity index (χ1) is 11.7. The number of esters is 1. The van der Waals surface area contributed by atoms with Crippen LogP contribution in [0, 0.1) is 11.3 Å². The van der Waals surface area contributed by atoms with Gasteiger partial charge in [-0.05, 0) is 42.0 Å². The maximum absolute atomic E-state index is 12.0. The Balaban J connectivity index is 1.87. The van der Waals surface area contributed by atoms with E-state index in [2.05, 4.69) is 4.99 Å². The SMILES string of the molecule is N#CCOc1cccc(/C=C2\N=C(c3cccc(Cl)c3)OC2=O)c1. The Morgan fingerprint density at radius 3 is 2.88 bits per heavy atom. The summed E-state index contributed by atoms with van der Waals surface area (Å²) in [6.45, 7) is -0.0425. The number of benzene rings is 2. The van der Waals surface area contributed by atoms with Crippen LogP contribution in [0.15, 0.2) is 59.2 Å². The summed E-state index contributed by atoms with van der Waals surface area (Å²) in [6.07, 6.45) is 1.60. The van der Waals surface area contributed by atoms with Crippen molar-refractivity contribution in [1.29, 1.82) is 5.26 Å². The highest BCUT2D eigenvalue weighted by Crippen LogP contribution is 2.22. The van der Waals surface area contributed by atoms with Crippen LogP contribution in [0.3, 0.4) is 0 Å². The second-order valence-corrected chi connectivity index (χ2v) is 5.30. The van der Waals surface area contributed by atoms with E-state index >= 15 is 0 Å². The minimum atomic E-state index is -0.534. The highest BCUT2D eigenvalue weighted by atomic mass is 35.5. The number of aliphatic imine (C=N–C) groups is 1. The Hall–Kier alpha value is -3.10. The van der Waals surface area contributed by atoms with Crippen molar-refractivity contribution in [2.24, 2.45) is 4.99 Å². The number of hydrogen-bond donors (Lipinski definition) is 0. The quantitative estimate of drug-likeness (QED) is 0.631. The standard InChI is InChI=1S/C18H11ClN2O3/c19-14-5-2-4-13(11-14)17-21-16(18(22)24-17)10-12-3-1-6-15(9-12)23-8-7-20/h1-6,9-11H,8H2/b16-10-. The van der Waals surface area contributed by atoms with Crippen molar-refractivity contribution in [3.05, 3.63) is 70.4 Å². The fraction of sp³-hybridized carbons (Fsp3) is 0.0556. The summed E-state index contributed by atoms with van der Waals surface area (Å²) in [4.78, 5) is 16.2. The van der Waals surface area contributed by atoms with Gasteiger partial charge >= 0.3 is 5.97 Å². The second-order valence-electron chi connectivity index (χ2n) is 4.87. The van der Waals surface area contributed by atoms with Gasteiger partial charge in [0.05, 0.1) is 0 Å². The van der Waals surface area contributed by atoms with Crippen molar-refractivity contribution in [3.63, 3.8) is 0 Å². The largest absolute Gasteiger partial charge is 0.479 e. The molecule has 0 radical (unpaired) electrons. The van der Waals surface area contributed by atoms with Crippen molar-refractivity contribution >= 4 is 29.5 Å². The monoisotopic (exact) mass is 338 g/mol. The van der Waals surface area contributed by atoms with Gasteiger partial charge < -0.3 is 9.47 Å². The molecule has 0 unspecified atom stereocenters. The molecule has 24 heavy (non-hydrogen) atoms. The van der Waals surface area contributed by atoms with E-state index in [0.29, 0.717) is 21.9 Å². The molecule has 0 fully saturated rings. The topological polar surface area (TPSA) is 71.7 Å². The Morgan fingerprint density at radius 1 is 1.25 bits per heavy atom. The third-order valence-electron chi connectivity index (χ3n) is 3.16. The van der Waals surface area contributed by atoms with Gasteiger partial charge in [0, 0.05) is 10.6 Å². The lowest BCUT2D eigenvalue weighted by Crippen LogP contribution is -2.05. The van der Waals surface area contributed by atoms with Crippen LogP contribution in [-0.2, 0) is 9.53 Å². The van der Waals surface area contributed by atoms with Gasteiger partial charge in [0.25, 0.3) is 0 Å². The van der Waals surface area contributed by atoms with Gasteiger partial charge in [0.2, 0.25) is 5.90 Å². The molecule has 3 rings (SSSR count). The summed E-state index contributed by atoms with van der Waals surface area (Å²) in [5.41, 5.74) is 1.53. The smallest absolute Gasteiger partial charge is 0.363 e. The number of rotatable bonds is 4. The number of hydrogen-bond acceptors (Lipinski definition) is 5. The average Bonchev–Trinajstić information content (AvgIpc) is 2.94. The van der Waals surface area contributed by atoms with Crippen molar-refractivity contribution < 1.29 is 14.3 Å². The van der Waals surface area contributed by atoms with E-state index in [0.717, 1.165) is 0 Å². The summed E-state index contributed by atoms with van der Waals surface area (Å²) in [6, 6.07) is 15.8. The first kappa shape index (κ1) is 15.8. The van der Waals surface area contributed by atoms with E-state index in [-0.39, 0.29) is 18.2 Å². The maximum Gasteiger partial charge on any atom is 0.363 e. The fourth-order valence-corrected chi connectivity index (χ4v) is 2.31. The van der Waals surface area contributed by atoms with E-state index < -0.39 is 5.97 Å². The first-order valence-electron chi connectivity index (χ1n) is 7.04. The molecule has 1 aliphatic heterocycles. The molecule has 1 aliphatic rings. The van der Waals surface area contributed by atoms with Crippen LogP contribution >= 0.6 is 11.6 Å². The molecule has 2 aromatic carbocycles. The lowest BCUT2D eigenvalue weighted by molar-refractivity contribution is -0.129. The number of nitrogens with zero attached hydrogens (tertiary/aromatic N) is 2. The van der Waals surface area contributed by atoms with E-state index in [1.807, 2.05) is 6.07 Å². The van der Waals surface area contributed by atoms with Gasteiger partial charge in [-0.25, -0.2) is 9.79 Å². The summed E-state index contributed by atoms with van der Waals surface area (Å²) in [5, 5.41) is 9.08. The normalized spacial score (nSPS) is 14.9. The molecule has 0 saturated carbocycles. The molecular weight excluding hydrogens is 328 g/mol. The second kappa shape index (κ2) is 6.99. The molecule has 0 aromatic heterocycles. The number of nitriles is 1. The summed E-state index contributed by atoms with van der Waals surface area (Å²) >= 11 is 5.94. The molecule has 5 nitrogen and oxygen atoms in total. The fourth-order valence-electron chi connectivity index (χ4n) is 2.12. The van der Waals surface area contributed by atoms with E-state index in [1.165, 1.54) is 0 Å². The Kier molecular flexibility index (Phi) is 4.59. The molecule has 0 atom stereocenters. The predicted molar refractivity (Wildman–Crippen MR) is 89.6 cm³/mol. The van der Waals surface area contributed by atoms with Crippen LogP contribution in [0.25, 0.3) is 6.08 Å². The third-order valence-corrected chi connectivity index (χ3v) is 3.39. The Labute approximate surface area is 143 Å². The summed E-state index contributed by atoms with van der Waals surface area (Å²) in [5.74, 6) is 0.218. The minimum absolute atomic E-state index is 0.0425. The van der Waals surface area contributed by atoms with Crippen molar-refractivity contribution in [3.8, 4) is 11.8 Å². The van der Waals surface area contributed by atoms with Gasteiger partial charge in [-0.1, -0.05) is 29.8 Å². The summed E-state index contributed by atoms with van der Waals surface area (Å²) < 4.78 is 10.4. The zero-order valence-corrected chi connectivity index (χ0v) is 13.2. The number of cyclic esters (lactones) is 1. The predicted octanol–water partition coefficient (Wildman–Crippen LogP) is 3.59. The highest BCUT2D eigenvalue weighted by Gasteiger charge is 2.24. The van der Waals surface area contributed by atoms with Crippen LogP contribution in [0.5, 0.6) is 5.75 Å². The zero-order valence-electron chi connectivity index (χ0n) is 12.4. The van der Waals surface area contributed by atoms with Gasteiger partial charge in [-0.3, -0.25) is 0 Å². The number of carbonyl (C=O) groups excluding carboxylic acids is 1. The molecule has 1 heterocycles. The maximum atomic E-state index is 12.0. The molecule has 0 saturated heterocycles. The number of halogens is 1. The molecule has 0 amide bonds. The third kappa shape index (κ3) is 3.62. The highest BCUT2D eigenvalue weighted by molar-refractivity contribution is 6.31. The molecule has 0 bridgehead atoms. The van der Waals surface area contributed by atoms with Crippen molar-refractivity contribution in [2.75, 3.05) is 6.61 Å². The Morgan fingerprint density at radius 2 is 2.08 bits per heavy atom. The molecular formula is C18H11ClN2O3. The summed E-state index contributed by atoms with van der Waals surface area (Å²) in [7, 11) is 0. The van der Waals surface area contributed by atoms with Crippen molar-refractivity contribution in [2.45, 2.75) is 0 Å².